The predicted molar refractivity (Wildman–Crippen MR) is 133 cm³/mol. The minimum absolute atomic E-state index is 0.0489. The van der Waals surface area contributed by atoms with E-state index >= 15 is 0 Å². The quantitative estimate of drug-likeness (QED) is 0.122. The molecule has 0 heterocycles. The van der Waals surface area contributed by atoms with E-state index in [9.17, 15) is 39.0 Å². The monoisotopic (exact) mass is 537 g/mol. The van der Waals surface area contributed by atoms with E-state index in [1.165, 1.54) is 12.1 Å². The van der Waals surface area contributed by atoms with E-state index in [2.05, 4.69) is 10.6 Å². The Kier molecular flexibility index (Phi) is 12.7. The van der Waals surface area contributed by atoms with Crippen LogP contribution in [0.1, 0.15) is 45.1 Å². The minimum atomic E-state index is -1.78. The Morgan fingerprint density at radius 3 is 1.97 bits per heavy atom. The highest BCUT2D eigenvalue weighted by Crippen LogP contribution is 2.13. The molecule has 10 N–H and O–H groups in total. The van der Waals surface area contributed by atoms with Crippen molar-refractivity contribution in [3.63, 3.8) is 0 Å². The molecule has 14 heteroatoms. The fourth-order valence-corrected chi connectivity index (χ4v) is 3.40. The molecule has 0 fully saturated rings. The summed E-state index contributed by atoms with van der Waals surface area (Å²) in [6.45, 7) is 3.45. The standard InChI is InChI=1S/C24H35N5O9/c1-3-12(2)20(29-21(34)15(25)10-13-4-6-14(30)7-5-13)23(36)27-16(8-9-18(26)31)22(35)28-17(24(37)38)11-19(32)33/h4-7,12,15-17,20,30H,3,8-11,25H2,1-2H3,(H2,26,31)(H,27,36)(H,28,35)(H,29,34)(H,32,33)(H,37,38). The molecule has 0 radical (unpaired) electrons. The Morgan fingerprint density at radius 1 is 0.895 bits per heavy atom. The van der Waals surface area contributed by atoms with Gasteiger partial charge in [0.1, 0.15) is 23.9 Å². The van der Waals surface area contributed by atoms with Gasteiger partial charge >= 0.3 is 11.9 Å². The van der Waals surface area contributed by atoms with Crippen molar-refractivity contribution in [2.24, 2.45) is 17.4 Å². The van der Waals surface area contributed by atoms with Crippen molar-refractivity contribution in [2.75, 3.05) is 0 Å². The number of carbonyl (C=O) groups excluding carboxylic acids is 4. The summed E-state index contributed by atoms with van der Waals surface area (Å²) in [6.07, 6.45) is -0.989. The second-order valence-corrected chi connectivity index (χ2v) is 8.91. The number of aromatic hydroxyl groups is 1. The third-order valence-corrected chi connectivity index (χ3v) is 5.83. The summed E-state index contributed by atoms with van der Waals surface area (Å²) in [5.41, 5.74) is 11.8. The molecule has 0 aliphatic heterocycles. The number of primary amides is 1. The van der Waals surface area contributed by atoms with E-state index < -0.39 is 72.1 Å². The van der Waals surface area contributed by atoms with Gasteiger partial charge in [0.25, 0.3) is 0 Å². The topological polar surface area (TPSA) is 251 Å². The first-order chi connectivity index (χ1) is 17.7. The number of nitrogens with one attached hydrogen (secondary N) is 3. The molecule has 1 aromatic rings. The lowest BCUT2D eigenvalue weighted by Crippen LogP contribution is -2.59. The first kappa shape index (κ1) is 31.8. The number of amides is 4. The second kappa shape index (κ2) is 15.1. The Morgan fingerprint density at radius 2 is 1.47 bits per heavy atom. The molecule has 38 heavy (non-hydrogen) atoms. The summed E-state index contributed by atoms with van der Waals surface area (Å²) in [4.78, 5) is 72.2. The van der Waals surface area contributed by atoms with E-state index in [0.717, 1.165) is 0 Å². The van der Waals surface area contributed by atoms with Crippen LogP contribution in [0.3, 0.4) is 0 Å². The van der Waals surface area contributed by atoms with Crippen LogP contribution >= 0.6 is 0 Å². The first-order valence-corrected chi connectivity index (χ1v) is 11.9. The van der Waals surface area contributed by atoms with Crippen molar-refractivity contribution in [1.29, 1.82) is 0 Å². The van der Waals surface area contributed by atoms with E-state index in [1.807, 2.05) is 5.32 Å². The number of phenolic OH excluding ortho intramolecular Hbond substituents is 1. The lowest BCUT2D eigenvalue weighted by atomic mass is 9.96. The molecule has 5 atom stereocenters. The normalized spacial score (nSPS) is 14.7. The van der Waals surface area contributed by atoms with Gasteiger partial charge in [-0.1, -0.05) is 32.4 Å². The summed E-state index contributed by atoms with van der Waals surface area (Å²) in [6, 6.07) is 0.666. The molecule has 5 unspecified atom stereocenters. The Bertz CT molecular complexity index is 1020. The van der Waals surface area contributed by atoms with Crippen molar-refractivity contribution in [3.8, 4) is 5.75 Å². The number of carboxylic acids is 2. The first-order valence-electron chi connectivity index (χ1n) is 11.9. The van der Waals surface area contributed by atoms with Gasteiger partial charge in [0.05, 0.1) is 12.5 Å². The molecule has 0 saturated carbocycles. The van der Waals surface area contributed by atoms with Gasteiger partial charge < -0.3 is 42.7 Å². The summed E-state index contributed by atoms with van der Waals surface area (Å²) < 4.78 is 0. The maximum atomic E-state index is 13.2. The Hall–Kier alpha value is -4.20. The molecule has 1 aromatic carbocycles. The maximum absolute atomic E-state index is 13.2. The van der Waals surface area contributed by atoms with Gasteiger partial charge in [-0.15, -0.1) is 0 Å². The Labute approximate surface area is 219 Å². The van der Waals surface area contributed by atoms with E-state index in [-0.39, 0.29) is 25.0 Å². The molecule has 0 spiro atoms. The summed E-state index contributed by atoms with van der Waals surface area (Å²) in [5.74, 6) is -6.71. The lowest BCUT2D eigenvalue weighted by molar-refractivity contribution is -0.147. The van der Waals surface area contributed by atoms with Crippen LogP contribution in [0.25, 0.3) is 0 Å². The highest BCUT2D eigenvalue weighted by molar-refractivity contribution is 5.95. The number of aliphatic carboxylic acids is 2. The third kappa shape index (κ3) is 10.8. The van der Waals surface area contributed by atoms with Gasteiger partial charge in [0.2, 0.25) is 23.6 Å². The van der Waals surface area contributed by atoms with Crippen LogP contribution in [0.4, 0.5) is 0 Å². The number of rotatable bonds is 16. The van der Waals surface area contributed by atoms with Crippen molar-refractivity contribution in [3.05, 3.63) is 29.8 Å². The minimum Gasteiger partial charge on any atom is -0.508 e. The Balaban J connectivity index is 3.03. The molecule has 210 valence electrons. The molecule has 4 amide bonds. The zero-order valence-corrected chi connectivity index (χ0v) is 21.2. The highest BCUT2D eigenvalue weighted by atomic mass is 16.4. The zero-order chi connectivity index (χ0) is 29.0. The number of phenols is 1. The zero-order valence-electron chi connectivity index (χ0n) is 21.2. The van der Waals surface area contributed by atoms with Gasteiger partial charge in [-0.05, 0) is 36.5 Å². The maximum Gasteiger partial charge on any atom is 0.326 e. The lowest BCUT2D eigenvalue weighted by Gasteiger charge is -2.28. The number of hydrogen-bond acceptors (Lipinski definition) is 8. The molecule has 14 nitrogen and oxygen atoms in total. The molecule has 0 aliphatic carbocycles. The van der Waals surface area contributed by atoms with Crippen LogP contribution in [0.2, 0.25) is 0 Å². The molecular weight excluding hydrogens is 502 g/mol. The van der Waals surface area contributed by atoms with Gasteiger partial charge in [0.15, 0.2) is 0 Å². The van der Waals surface area contributed by atoms with Gasteiger partial charge in [0, 0.05) is 6.42 Å². The van der Waals surface area contributed by atoms with Crippen LogP contribution in [0.5, 0.6) is 5.75 Å². The van der Waals surface area contributed by atoms with Gasteiger partial charge in [-0.25, -0.2) is 4.79 Å². The number of nitrogens with two attached hydrogens (primary N) is 2. The predicted octanol–water partition coefficient (Wildman–Crippen LogP) is -1.41. The summed E-state index contributed by atoms with van der Waals surface area (Å²) in [5, 5.41) is 34.5. The fourth-order valence-electron chi connectivity index (χ4n) is 3.40. The summed E-state index contributed by atoms with van der Waals surface area (Å²) in [7, 11) is 0. The number of hydrogen-bond donors (Lipinski definition) is 8. The van der Waals surface area contributed by atoms with Crippen LogP contribution in [-0.2, 0) is 35.2 Å². The number of carboxylic acid groups (broad SMARTS) is 2. The molecule has 0 aromatic heterocycles. The number of benzene rings is 1. The van der Waals surface area contributed by atoms with Crippen molar-refractivity contribution >= 4 is 35.6 Å². The van der Waals surface area contributed by atoms with Crippen molar-refractivity contribution in [2.45, 2.75) is 70.1 Å². The average molecular weight is 538 g/mol. The summed E-state index contributed by atoms with van der Waals surface area (Å²) >= 11 is 0. The molecule has 1 rings (SSSR count). The van der Waals surface area contributed by atoms with E-state index in [4.69, 9.17) is 16.6 Å². The molecular formula is C24H35N5O9. The van der Waals surface area contributed by atoms with Crippen LogP contribution in [0.15, 0.2) is 24.3 Å². The van der Waals surface area contributed by atoms with Gasteiger partial charge in [-0.3, -0.25) is 24.0 Å². The van der Waals surface area contributed by atoms with Crippen molar-refractivity contribution in [1.82, 2.24) is 16.0 Å². The van der Waals surface area contributed by atoms with E-state index in [1.54, 1.807) is 26.0 Å². The number of carbonyl (C=O) groups is 6. The SMILES string of the molecule is CCC(C)C(NC(=O)C(N)Cc1ccc(O)cc1)C(=O)NC(CCC(N)=O)C(=O)NC(CC(=O)O)C(=O)O. The van der Waals surface area contributed by atoms with Gasteiger partial charge in [-0.2, -0.15) is 0 Å². The second-order valence-electron chi connectivity index (χ2n) is 8.91. The van der Waals surface area contributed by atoms with Crippen LogP contribution in [0, 0.1) is 5.92 Å². The smallest absolute Gasteiger partial charge is 0.326 e. The largest absolute Gasteiger partial charge is 0.508 e. The van der Waals surface area contributed by atoms with Crippen LogP contribution in [-0.4, -0.2) is 75.1 Å². The third-order valence-electron chi connectivity index (χ3n) is 5.83. The molecule has 0 saturated heterocycles. The fraction of sp³-hybridized carbons (Fsp3) is 0.500. The highest BCUT2D eigenvalue weighted by Gasteiger charge is 2.33. The molecule has 0 bridgehead atoms. The van der Waals surface area contributed by atoms with Crippen molar-refractivity contribution < 1.29 is 44.1 Å². The van der Waals surface area contributed by atoms with Crippen LogP contribution < -0.4 is 27.4 Å². The molecule has 0 aliphatic rings. The average Bonchev–Trinajstić information content (AvgIpc) is 2.84. The van der Waals surface area contributed by atoms with E-state index in [0.29, 0.717) is 12.0 Å².